The molecule has 0 spiro atoms. The van der Waals surface area contributed by atoms with Gasteiger partial charge in [-0.3, -0.25) is 0 Å². The molecule has 0 unspecified atom stereocenters. The van der Waals surface area contributed by atoms with Crippen molar-refractivity contribution in [3.63, 3.8) is 0 Å². The monoisotopic (exact) mass is 427 g/mol. The standard InChI is InChI=1S/C22H27ClN6O/c1-17-8-9-19(23)16-20(17)27-10-12-28(13-11-27)21(18-6-4-3-5-7-18)22-24-25-26-29(22)14-15-30-2/h3-9,16,21H,10-15H2,1-2H3/p+1/t21-/m1/s1. The van der Waals surface area contributed by atoms with E-state index in [2.05, 4.69) is 63.7 Å². The fraction of sp³-hybridized carbons (Fsp3) is 0.409. The van der Waals surface area contributed by atoms with Gasteiger partial charge in [0.05, 0.1) is 39.3 Å². The van der Waals surface area contributed by atoms with Crippen LogP contribution >= 0.6 is 11.6 Å². The Balaban J connectivity index is 1.57. The van der Waals surface area contributed by atoms with Crippen LogP contribution in [0, 0.1) is 6.92 Å². The molecule has 1 saturated heterocycles. The highest BCUT2D eigenvalue weighted by Crippen LogP contribution is 2.25. The van der Waals surface area contributed by atoms with Crippen molar-refractivity contribution in [1.82, 2.24) is 20.2 Å². The van der Waals surface area contributed by atoms with Crippen molar-refractivity contribution in [2.45, 2.75) is 19.5 Å². The maximum absolute atomic E-state index is 6.25. The first-order valence-corrected chi connectivity index (χ1v) is 10.7. The number of piperazine rings is 1. The van der Waals surface area contributed by atoms with Gasteiger partial charge in [0.15, 0.2) is 6.04 Å². The third kappa shape index (κ3) is 4.48. The van der Waals surface area contributed by atoms with Gasteiger partial charge < -0.3 is 14.5 Å². The van der Waals surface area contributed by atoms with Crippen molar-refractivity contribution in [3.8, 4) is 0 Å². The number of tetrazole rings is 1. The Hall–Kier alpha value is -2.48. The Morgan fingerprint density at radius 3 is 2.63 bits per heavy atom. The molecule has 4 rings (SSSR count). The molecule has 1 fully saturated rings. The van der Waals surface area contributed by atoms with E-state index >= 15 is 0 Å². The first-order valence-electron chi connectivity index (χ1n) is 10.3. The van der Waals surface area contributed by atoms with Gasteiger partial charge in [-0.25, -0.2) is 4.68 Å². The lowest BCUT2D eigenvalue weighted by molar-refractivity contribution is -0.927. The van der Waals surface area contributed by atoms with Crippen LogP contribution < -0.4 is 9.80 Å². The van der Waals surface area contributed by atoms with E-state index in [1.807, 2.05) is 16.8 Å². The van der Waals surface area contributed by atoms with Crippen LogP contribution in [0.15, 0.2) is 48.5 Å². The van der Waals surface area contributed by atoms with Crippen LogP contribution in [0.4, 0.5) is 5.69 Å². The highest BCUT2D eigenvalue weighted by molar-refractivity contribution is 6.30. The number of benzene rings is 2. The van der Waals surface area contributed by atoms with Crippen LogP contribution in [-0.2, 0) is 11.3 Å². The molecule has 2 aromatic carbocycles. The molecule has 3 aromatic rings. The van der Waals surface area contributed by atoms with Crippen molar-refractivity contribution < 1.29 is 9.64 Å². The third-order valence-electron chi connectivity index (χ3n) is 5.78. The first kappa shape index (κ1) is 20.8. The lowest BCUT2D eigenvalue weighted by Crippen LogP contribution is -3.15. The molecule has 158 valence electrons. The van der Waals surface area contributed by atoms with Gasteiger partial charge in [-0.2, -0.15) is 0 Å². The van der Waals surface area contributed by atoms with Gasteiger partial charge in [0.2, 0.25) is 5.82 Å². The summed E-state index contributed by atoms with van der Waals surface area (Å²) in [6, 6.07) is 16.7. The van der Waals surface area contributed by atoms with Gasteiger partial charge in [-0.05, 0) is 35.0 Å². The summed E-state index contributed by atoms with van der Waals surface area (Å²) >= 11 is 6.25. The van der Waals surface area contributed by atoms with Crippen molar-refractivity contribution in [2.24, 2.45) is 0 Å². The number of halogens is 1. The highest BCUT2D eigenvalue weighted by Gasteiger charge is 2.34. The van der Waals surface area contributed by atoms with E-state index in [4.69, 9.17) is 16.3 Å². The van der Waals surface area contributed by atoms with E-state index in [-0.39, 0.29) is 6.04 Å². The molecule has 1 aromatic heterocycles. The summed E-state index contributed by atoms with van der Waals surface area (Å²) in [6.07, 6.45) is 0. The van der Waals surface area contributed by atoms with Gasteiger partial charge in [-0.15, -0.1) is 5.10 Å². The molecule has 2 heterocycles. The summed E-state index contributed by atoms with van der Waals surface area (Å²) in [5, 5.41) is 13.4. The molecular weight excluding hydrogens is 400 g/mol. The predicted octanol–water partition coefficient (Wildman–Crippen LogP) is 1.78. The van der Waals surface area contributed by atoms with Crippen LogP contribution in [-0.4, -0.2) is 60.1 Å². The average molecular weight is 428 g/mol. The first-order chi connectivity index (χ1) is 14.7. The molecular formula is C22H28ClN6O+. The minimum atomic E-state index is 0.0839. The number of nitrogens with one attached hydrogen (secondary N) is 1. The molecule has 1 aliphatic rings. The van der Waals surface area contributed by atoms with E-state index < -0.39 is 0 Å². The van der Waals surface area contributed by atoms with E-state index in [0.717, 1.165) is 37.0 Å². The molecule has 0 radical (unpaired) electrons. The van der Waals surface area contributed by atoms with Crippen molar-refractivity contribution >= 4 is 17.3 Å². The number of rotatable bonds is 7. The third-order valence-corrected chi connectivity index (χ3v) is 6.02. The average Bonchev–Trinajstić information content (AvgIpc) is 3.23. The molecule has 0 aliphatic carbocycles. The van der Waals surface area contributed by atoms with Crippen LogP contribution in [0.25, 0.3) is 0 Å². The zero-order valence-corrected chi connectivity index (χ0v) is 18.2. The van der Waals surface area contributed by atoms with Crippen molar-refractivity contribution in [3.05, 3.63) is 70.5 Å². The van der Waals surface area contributed by atoms with E-state index in [1.165, 1.54) is 21.7 Å². The Labute approximate surface area is 182 Å². The molecule has 1 atom stereocenters. The summed E-state index contributed by atoms with van der Waals surface area (Å²) in [5.74, 6) is 0.889. The Morgan fingerprint density at radius 2 is 1.90 bits per heavy atom. The lowest BCUT2D eigenvalue weighted by Gasteiger charge is -2.37. The maximum Gasteiger partial charge on any atom is 0.214 e. The van der Waals surface area contributed by atoms with Crippen LogP contribution in [0.3, 0.4) is 0 Å². The molecule has 0 saturated carbocycles. The van der Waals surface area contributed by atoms with Gasteiger partial charge >= 0.3 is 0 Å². The molecule has 0 amide bonds. The normalized spacial score (nSPS) is 16.0. The van der Waals surface area contributed by atoms with Gasteiger partial charge in [-0.1, -0.05) is 48.0 Å². The predicted molar refractivity (Wildman–Crippen MR) is 117 cm³/mol. The minimum absolute atomic E-state index is 0.0839. The quantitative estimate of drug-likeness (QED) is 0.622. The lowest BCUT2D eigenvalue weighted by atomic mass is 10.0. The fourth-order valence-corrected chi connectivity index (χ4v) is 4.38. The fourth-order valence-electron chi connectivity index (χ4n) is 4.21. The zero-order chi connectivity index (χ0) is 20.9. The van der Waals surface area contributed by atoms with E-state index in [1.54, 1.807) is 7.11 Å². The summed E-state index contributed by atoms with van der Waals surface area (Å²) in [5.41, 5.74) is 3.71. The molecule has 30 heavy (non-hydrogen) atoms. The van der Waals surface area contributed by atoms with Crippen LogP contribution in [0.5, 0.6) is 0 Å². The Bertz CT molecular complexity index is 955. The van der Waals surface area contributed by atoms with Gasteiger partial charge in [0.1, 0.15) is 0 Å². The number of aryl methyl sites for hydroxylation is 1. The van der Waals surface area contributed by atoms with Crippen molar-refractivity contribution in [2.75, 3.05) is 44.8 Å². The largest absolute Gasteiger partial charge is 0.383 e. The molecule has 1 N–H and O–H groups in total. The second-order valence-electron chi connectivity index (χ2n) is 7.67. The minimum Gasteiger partial charge on any atom is -0.383 e. The molecule has 0 bridgehead atoms. The number of hydrogen-bond acceptors (Lipinski definition) is 5. The number of methoxy groups -OCH3 is 1. The number of ether oxygens (including phenoxy) is 1. The van der Waals surface area contributed by atoms with Crippen molar-refractivity contribution in [1.29, 1.82) is 0 Å². The highest BCUT2D eigenvalue weighted by atomic mass is 35.5. The van der Waals surface area contributed by atoms with Gasteiger partial charge in [0.25, 0.3) is 0 Å². The number of quaternary nitrogens is 1. The Kier molecular flexibility index (Phi) is 6.62. The summed E-state index contributed by atoms with van der Waals surface area (Å²) in [4.78, 5) is 3.89. The second-order valence-corrected chi connectivity index (χ2v) is 8.11. The van der Waals surface area contributed by atoms with Crippen LogP contribution in [0.2, 0.25) is 5.02 Å². The zero-order valence-electron chi connectivity index (χ0n) is 17.5. The maximum atomic E-state index is 6.25. The molecule has 1 aliphatic heterocycles. The SMILES string of the molecule is COCCn1nnnc1[C@@H](c1ccccc1)[NH+]1CCN(c2cc(Cl)ccc2C)CC1. The second kappa shape index (κ2) is 9.55. The summed E-state index contributed by atoms with van der Waals surface area (Å²) in [6.45, 7) is 7.26. The Morgan fingerprint density at radius 1 is 1.13 bits per heavy atom. The number of nitrogens with zero attached hydrogens (tertiary/aromatic N) is 5. The van der Waals surface area contributed by atoms with Crippen LogP contribution in [0.1, 0.15) is 23.0 Å². The number of hydrogen-bond donors (Lipinski definition) is 1. The topological polar surface area (TPSA) is 60.5 Å². The number of anilines is 1. The van der Waals surface area contributed by atoms with E-state index in [0.29, 0.717) is 13.2 Å². The molecule has 8 heteroatoms. The van der Waals surface area contributed by atoms with E-state index in [9.17, 15) is 0 Å². The van der Waals surface area contributed by atoms with Gasteiger partial charge in [0, 0.05) is 23.4 Å². The molecule has 7 nitrogen and oxygen atoms in total. The smallest absolute Gasteiger partial charge is 0.214 e. The number of aromatic nitrogens is 4. The summed E-state index contributed by atoms with van der Waals surface area (Å²) in [7, 11) is 1.70. The summed E-state index contributed by atoms with van der Waals surface area (Å²) < 4.78 is 7.12.